The minimum atomic E-state index is -0.785. The van der Waals surface area contributed by atoms with Crippen LogP contribution in [0.15, 0.2) is 34.6 Å². The van der Waals surface area contributed by atoms with Gasteiger partial charge in [0, 0.05) is 24.0 Å². The van der Waals surface area contributed by atoms with E-state index in [-0.39, 0.29) is 26.4 Å². The van der Waals surface area contributed by atoms with Crippen LogP contribution in [0, 0.1) is 0 Å². The third-order valence-corrected chi connectivity index (χ3v) is 4.71. The number of oxime groups is 2. The van der Waals surface area contributed by atoms with Crippen LogP contribution < -0.4 is 0 Å². The quantitative estimate of drug-likeness (QED) is 0.569. The summed E-state index contributed by atoms with van der Waals surface area (Å²) in [4.78, 5) is 34.8. The average Bonchev–Trinajstić information content (AvgIpc) is 3.44. The molecule has 3 aliphatic heterocycles. The summed E-state index contributed by atoms with van der Waals surface area (Å²) < 4.78 is 21.0. The Morgan fingerprint density at radius 3 is 1.67 bits per heavy atom. The number of hydrogen-bond acceptors (Lipinski definition) is 10. The molecule has 2 atom stereocenters. The van der Waals surface area contributed by atoms with Gasteiger partial charge in [0.2, 0.25) is 12.2 Å². The number of benzene rings is 1. The van der Waals surface area contributed by atoms with Crippen molar-refractivity contribution in [2.75, 3.05) is 39.6 Å². The molecule has 0 aromatic heterocycles. The van der Waals surface area contributed by atoms with Crippen LogP contribution in [0.1, 0.15) is 24.0 Å². The molecule has 0 spiro atoms. The van der Waals surface area contributed by atoms with E-state index >= 15 is 0 Å². The zero-order valence-electron chi connectivity index (χ0n) is 16.3. The monoisotopic (exact) mass is 418 g/mol. The van der Waals surface area contributed by atoms with Crippen LogP contribution >= 0.6 is 0 Å². The van der Waals surface area contributed by atoms with E-state index in [1.165, 1.54) is 0 Å². The topological polar surface area (TPSA) is 114 Å². The molecule has 10 nitrogen and oxygen atoms in total. The van der Waals surface area contributed by atoms with Gasteiger partial charge in [0.25, 0.3) is 0 Å². The molecule has 0 radical (unpaired) electrons. The second-order valence-electron chi connectivity index (χ2n) is 6.81. The van der Waals surface area contributed by atoms with Gasteiger partial charge in [-0.1, -0.05) is 28.5 Å². The van der Waals surface area contributed by atoms with Gasteiger partial charge in [-0.05, 0) is 6.07 Å². The van der Waals surface area contributed by atoms with Gasteiger partial charge in [0.15, 0.2) is 0 Å². The molecule has 0 amide bonds. The highest BCUT2D eigenvalue weighted by molar-refractivity contribution is 6.08. The van der Waals surface area contributed by atoms with Gasteiger partial charge in [-0.25, -0.2) is 9.59 Å². The standard InChI is InChI=1S/C20H22N2O8/c23-19-17-11-15(21-29-17)13-2-1-3-14(10-13)16-12-18(30-22-16)20(24)28-9-7-26-5-4-25-6-8-27-19/h1-3,10,17-18H,4-9,11-12H2/t17-,18+. The van der Waals surface area contributed by atoms with Crippen LogP contribution in [0.4, 0.5) is 0 Å². The first-order valence-electron chi connectivity index (χ1n) is 9.75. The summed E-state index contributed by atoms with van der Waals surface area (Å²) in [6, 6.07) is 7.45. The van der Waals surface area contributed by atoms with Crippen molar-refractivity contribution in [3.63, 3.8) is 0 Å². The predicted molar refractivity (Wildman–Crippen MR) is 102 cm³/mol. The average molecular weight is 418 g/mol. The van der Waals surface area contributed by atoms with Gasteiger partial charge in [-0.15, -0.1) is 0 Å². The molecule has 6 bridgehead atoms. The molecule has 160 valence electrons. The van der Waals surface area contributed by atoms with Crippen molar-refractivity contribution >= 4 is 23.4 Å². The van der Waals surface area contributed by atoms with E-state index in [4.69, 9.17) is 28.6 Å². The van der Waals surface area contributed by atoms with Crippen LogP contribution in [0.3, 0.4) is 0 Å². The highest BCUT2D eigenvalue weighted by atomic mass is 16.7. The first kappa shape index (κ1) is 20.3. The molecule has 0 N–H and O–H groups in total. The molecule has 30 heavy (non-hydrogen) atoms. The summed E-state index contributed by atoms with van der Waals surface area (Å²) in [5.41, 5.74) is 2.85. The minimum Gasteiger partial charge on any atom is -0.460 e. The second-order valence-corrected chi connectivity index (χ2v) is 6.81. The molecular weight excluding hydrogens is 396 g/mol. The lowest BCUT2D eigenvalue weighted by Gasteiger charge is -2.10. The Balaban J connectivity index is 1.46. The Hall–Kier alpha value is -2.98. The fraction of sp³-hybridized carbons (Fsp3) is 0.500. The largest absolute Gasteiger partial charge is 0.460 e. The molecule has 3 heterocycles. The predicted octanol–water partition coefficient (Wildman–Crippen LogP) is 0.806. The molecule has 4 rings (SSSR count). The van der Waals surface area contributed by atoms with Crippen molar-refractivity contribution in [2.24, 2.45) is 10.3 Å². The Morgan fingerprint density at radius 1 is 0.700 bits per heavy atom. The number of esters is 2. The van der Waals surface area contributed by atoms with Crippen molar-refractivity contribution in [1.29, 1.82) is 0 Å². The van der Waals surface area contributed by atoms with Gasteiger partial charge in [0.05, 0.1) is 37.9 Å². The van der Waals surface area contributed by atoms with E-state index in [2.05, 4.69) is 10.3 Å². The third kappa shape index (κ3) is 4.95. The van der Waals surface area contributed by atoms with Gasteiger partial charge in [0.1, 0.15) is 13.2 Å². The number of ether oxygens (including phenoxy) is 4. The van der Waals surface area contributed by atoms with Gasteiger partial charge in [-0.3, -0.25) is 0 Å². The van der Waals surface area contributed by atoms with Crippen molar-refractivity contribution in [2.45, 2.75) is 25.0 Å². The lowest BCUT2D eigenvalue weighted by molar-refractivity contribution is -0.158. The summed E-state index contributed by atoms with van der Waals surface area (Å²) in [6.45, 7) is 1.38. The van der Waals surface area contributed by atoms with Crippen LogP contribution in [-0.4, -0.2) is 75.2 Å². The number of hydrogen-bond donors (Lipinski definition) is 0. The van der Waals surface area contributed by atoms with E-state index < -0.39 is 24.1 Å². The molecule has 1 aromatic rings. The van der Waals surface area contributed by atoms with Crippen molar-refractivity contribution in [3.05, 3.63) is 35.4 Å². The van der Waals surface area contributed by atoms with Crippen molar-refractivity contribution in [1.82, 2.24) is 0 Å². The Kier molecular flexibility index (Phi) is 6.55. The highest BCUT2D eigenvalue weighted by Crippen LogP contribution is 2.22. The molecule has 0 fully saturated rings. The van der Waals surface area contributed by atoms with E-state index in [9.17, 15) is 9.59 Å². The fourth-order valence-electron chi connectivity index (χ4n) is 3.14. The highest BCUT2D eigenvalue weighted by Gasteiger charge is 2.32. The summed E-state index contributed by atoms with van der Waals surface area (Å²) in [5.74, 6) is -0.967. The Labute approximate surface area is 172 Å². The van der Waals surface area contributed by atoms with Crippen molar-refractivity contribution in [3.8, 4) is 0 Å². The zero-order chi connectivity index (χ0) is 20.8. The third-order valence-electron chi connectivity index (χ3n) is 4.71. The second kappa shape index (κ2) is 9.68. The molecule has 3 aliphatic rings. The van der Waals surface area contributed by atoms with Crippen molar-refractivity contribution < 1.29 is 38.2 Å². The fourth-order valence-corrected chi connectivity index (χ4v) is 3.14. The normalized spacial score (nSPS) is 25.6. The molecule has 0 saturated heterocycles. The number of cyclic esters (lactones) is 2. The molecule has 10 heteroatoms. The maximum absolute atomic E-state index is 12.2. The number of nitrogens with zero attached hydrogens (tertiary/aromatic N) is 2. The zero-order valence-corrected chi connectivity index (χ0v) is 16.3. The molecule has 0 unspecified atom stereocenters. The Bertz CT molecular complexity index is 788. The summed E-state index contributed by atoms with van der Waals surface area (Å²) >= 11 is 0. The maximum Gasteiger partial charge on any atom is 0.350 e. The summed E-state index contributed by atoms with van der Waals surface area (Å²) in [7, 11) is 0. The smallest absolute Gasteiger partial charge is 0.350 e. The summed E-state index contributed by atoms with van der Waals surface area (Å²) in [6.07, 6.45) is -0.969. The molecular formula is C20H22N2O8. The Morgan fingerprint density at radius 2 is 1.17 bits per heavy atom. The van der Waals surface area contributed by atoms with Crippen LogP contribution in [-0.2, 0) is 38.2 Å². The summed E-state index contributed by atoms with van der Waals surface area (Å²) in [5, 5.41) is 8.06. The number of rotatable bonds is 0. The van der Waals surface area contributed by atoms with E-state index in [0.29, 0.717) is 37.5 Å². The van der Waals surface area contributed by atoms with Crippen LogP contribution in [0.2, 0.25) is 0 Å². The SMILES string of the molecule is O=C1OCCOCCOCCOC(=O)[C@H]2CC(=NO2)c2cccc(c2)C2=NO[C@H]1C2. The first-order valence-corrected chi connectivity index (χ1v) is 9.75. The minimum absolute atomic E-state index is 0.113. The van der Waals surface area contributed by atoms with E-state index in [0.717, 1.165) is 11.1 Å². The molecule has 1 aromatic carbocycles. The lowest BCUT2D eigenvalue weighted by Crippen LogP contribution is -2.25. The van der Waals surface area contributed by atoms with Gasteiger partial charge >= 0.3 is 11.9 Å². The molecule has 0 aliphatic carbocycles. The maximum atomic E-state index is 12.2. The first-order chi connectivity index (χ1) is 14.7. The molecule has 0 saturated carbocycles. The van der Waals surface area contributed by atoms with Gasteiger partial charge in [-0.2, -0.15) is 0 Å². The van der Waals surface area contributed by atoms with Crippen LogP contribution in [0.5, 0.6) is 0 Å². The number of carbonyl (C=O) groups excluding carboxylic acids is 2. The van der Waals surface area contributed by atoms with E-state index in [1.54, 1.807) is 0 Å². The number of carbonyl (C=O) groups is 2. The lowest BCUT2D eigenvalue weighted by atomic mass is 9.99. The number of fused-ring (bicyclic) bond motifs is 8. The van der Waals surface area contributed by atoms with Crippen LogP contribution in [0.25, 0.3) is 0 Å². The van der Waals surface area contributed by atoms with E-state index in [1.807, 2.05) is 24.3 Å². The van der Waals surface area contributed by atoms with Gasteiger partial charge < -0.3 is 28.6 Å².